The van der Waals surface area contributed by atoms with Crippen LogP contribution in [0.2, 0.25) is 0 Å². The van der Waals surface area contributed by atoms with Crippen LogP contribution in [-0.4, -0.2) is 21.1 Å². The first-order valence-corrected chi connectivity index (χ1v) is 8.98. The van der Waals surface area contributed by atoms with Crippen LogP contribution < -0.4 is 16.6 Å². The van der Waals surface area contributed by atoms with Crippen molar-refractivity contribution in [2.45, 2.75) is 32.9 Å². The summed E-state index contributed by atoms with van der Waals surface area (Å²) >= 11 is 1.27. The molecule has 130 valence electrons. The molecule has 2 aromatic heterocycles. The van der Waals surface area contributed by atoms with Gasteiger partial charge in [0.15, 0.2) is 0 Å². The zero-order chi connectivity index (χ0) is 18.0. The Labute approximate surface area is 148 Å². The van der Waals surface area contributed by atoms with Crippen molar-refractivity contribution in [1.82, 2.24) is 14.5 Å². The normalized spacial score (nSPS) is 12.2. The summed E-state index contributed by atoms with van der Waals surface area (Å²) in [4.78, 5) is 38.0. The van der Waals surface area contributed by atoms with E-state index in [1.807, 2.05) is 19.9 Å². The molecule has 0 aliphatic rings. The van der Waals surface area contributed by atoms with Gasteiger partial charge in [0.2, 0.25) is 5.91 Å². The average Bonchev–Trinajstić information content (AvgIpc) is 3.09. The molecule has 0 aliphatic heterocycles. The van der Waals surface area contributed by atoms with Crippen LogP contribution in [-0.2, 0) is 11.3 Å². The molecule has 0 spiro atoms. The van der Waals surface area contributed by atoms with Crippen LogP contribution in [0.15, 0.2) is 51.4 Å². The molecule has 0 saturated carbocycles. The first-order chi connectivity index (χ1) is 12.0. The standard InChI is InChI=1S/C18H19N3O3S/c1-3-12(2)19-15(22)11-20-14-9-10-25-16(14)17(23)21(18(20)24)13-7-5-4-6-8-13/h4-10,12H,3,11H2,1-2H3,(H,19,22). The Morgan fingerprint density at radius 3 is 2.60 bits per heavy atom. The maximum Gasteiger partial charge on any atom is 0.336 e. The van der Waals surface area contributed by atoms with E-state index in [9.17, 15) is 14.4 Å². The summed E-state index contributed by atoms with van der Waals surface area (Å²) in [5.41, 5.74) is 0.108. The van der Waals surface area contributed by atoms with E-state index in [1.54, 1.807) is 35.7 Å². The van der Waals surface area contributed by atoms with E-state index in [-0.39, 0.29) is 24.1 Å². The predicted octanol–water partition coefficient (Wildman–Crippen LogP) is 2.13. The summed E-state index contributed by atoms with van der Waals surface area (Å²) in [5.74, 6) is -0.248. The highest BCUT2D eigenvalue weighted by Gasteiger charge is 2.17. The smallest absolute Gasteiger partial charge is 0.336 e. The molecule has 0 fully saturated rings. The summed E-state index contributed by atoms with van der Waals surface area (Å²) in [6.45, 7) is 3.76. The third-order valence-electron chi connectivity index (χ3n) is 4.09. The molecule has 6 nitrogen and oxygen atoms in total. The Kier molecular flexibility index (Phi) is 4.85. The van der Waals surface area contributed by atoms with Crippen molar-refractivity contribution >= 4 is 27.5 Å². The molecule has 1 N–H and O–H groups in total. The number of para-hydroxylation sites is 1. The van der Waals surface area contributed by atoms with Crippen molar-refractivity contribution < 1.29 is 4.79 Å². The van der Waals surface area contributed by atoms with Crippen LogP contribution in [0.1, 0.15) is 20.3 Å². The fourth-order valence-corrected chi connectivity index (χ4v) is 3.44. The van der Waals surface area contributed by atoms with Gasteiger partial charge < -0.3 is 5.32 Å². The monoisotopic (exact) mass is 357 g/mol. The van der Waals surface area contributed by atoms with Crippen LogP contribution in [0.3, 0.4) is 0 Å². The summed E-state index contributed by atoms with van der Waals surface area (Å²) in [6.07, 6.45) is 0.804. The van der Waals surface area contributed by atoms with E-state index >= 15 is 0 Å². The highest BCUT2D eigenvalue weighted by atomic mass is 32.1. The summed E-state index contributed by atoms with van der Waals surface area (Å²) in [6, 6.07) is 10.5. The van der Waals surface area contributed by atoms with Gasteiger partial charge in [-0.15, -0.1) is 11.3 Å². The second-order valence-electron chi connectivity index (χ2n) is 5.86. The molecule has 3 rings (SSSR count). The average molecular weight is 357 g/mol. The second kappa shape index (κ2) is 7.06. The zero-order valence-corrected chi connectivity index (χ0v) is 14.9. The molecule has 2 heterocycles. The van der Waals surface area contributed by atoms with Gasteiger partial charge in [-0.3, -0.25) is 14.2 Å². The van der Waals surface area contributed by atoms with Crippen molar-refractivity contribution in [2.75, 3.05) is 0 Å². The van der Waals surface area contributed by atoms with Gasteiger partial charge >= 0.3 is 5.69 Å². The van der Waals surface area contributed by atoms with Crippen LogP contribution in [0.25, 0.3) is 15.9 Å². The molecule has 25 heavy (non-hydrogen) atoms. The Morgan fingerprint density at radius 1 is 1.20 bits per heavy atom. The second-order valence-corrected chi connectivity index (χ2v) is 6.77. The van der Waals surface area contributed by atoms with Gasteiger partial charge in [0.25, 0.3) is 5.56 Å². The highest BCUT2D eigenvalue weighted by Crippen LogP contribution is 2.16. The van der Waals surface area contributed by atoms with Gasteiger partial charge in [0.05, 0.1) is 11.2 Å². The number of nitrogens with zero attached hydrogens (tertiary/aromatic N) is 2. The summed E-state index contributed by atoms with van der Waals surface area (Å²) in [5, 5.41) is 4.61. The minimum Gasteiger partial charge on any atom is -0.352 e. The fourth-order valence-electron chi connectivity index (χ4n) is 2.61. The van der Waals surface area contributed by atoms with Gasteiger partial charge in [0, 0.05) is 6.04 Å². The first-order valence-electron chi connectivity index (χ1n) is 8.10. The Bertz CT molecular complexity index is 1020. The summed E-state index contributed by atoms with van der Waals surface area (Å²) < 4.78 is 2.94. The zero-order valence-electron chi connectivity index (χ0n) is 14.1. The van der Waals surface area contributed by atoms with E-state index in [1.165, 1.54) is 15.9 Å². The third-order valence-corrected chi connectivity index (χ3v) is 4.98. The maximum absolute atomic E-state index is 12.9. The van der Waals surface area contributed by atoms with Crippen molar-refractivity contribution in [1.29, 1.82) is 0 Å². The van der Waals surface area contributed by atoms with Crippen LogP contribution in [0.4, 0.5) is 0 Å². The number of carbonyl (C=O) groups is 1. The number of fused-ring (bicyclic) bond motifs is 1. The highest BCUT2D eigenvalue weighted by molar-refractivity contribution is 7.17. The minimum atomic E-state index is -0.513. The van der Waals surface area contributed by atoms with Crippen LogP contribution >= 0.6 is 11.3 Å². The van der Waals surface area contributed by atoms with Crippen LogP contribution in [0, 0.1) is 0 Å². The van der Waals surface area contributed by atoms with Gasteiger partial charge in [-0.25, -0.2) is 9.36 Å². The molecule has 1 unspecified atom stereocenters. The lowest BCUT2D eigenvalue weighted by molar-refractivity contribution is -0.122. The molecule has 0 bridgehead atoms. The van der Waals surface area contributed by atoms with Gasteiger partial charge in [-0.05, 0) is 36.9 Å². The molecule has 7 heteroatoms. The van der Waals surface area contributed by atoms with Crippen molar-refractivity contribution in [2.24, 2.45) is 0 Å². The van der Waals surface area contributed by atoms with Crippen molar-refractivity contribution in [3.63, 3.8) is 0 Å². The SMILES string of the molecule is CCC(C)NC(=O)Cn1c(=O)n(-c2ccccc2)c(=O)c2sccc21. The number of carbonyl (C=O) groups excluding carboxylic acids is 1. The molecule has 3 aromatic rings. The Balaban J connectivity index is 2.16. The number of aromatic nitrogens is 2. The maximum atomic E-state index is 12.9. The minimum absolute atomic E-state index is 0.0289. The number of hydrogen-bond donors (Lipinski definition) is 1. The largest absolute Gasteiger partial charge is 0.352 e. The molecule has 0 radical (unpaired) electrons. The molecule has 0 saturated heterocycles. The molecule has 1 atom stereocenters. The van der Waals surface area contributed by atoms with Crippen molar-refractivity contribution in [3.8, 4) is 5.69 Å². The fraction of sp³-hybridized carbons (Fsp3) is 0.278. The Morgan fingerprint density at radius 2 is 1.92 bits per heavy atom. The number of hydrogen-bond acceptors (Lipinski definition) is 4. The van der Waals surface area contributed by atoms with Crippen molar-refractivity contribution in [3.05, 3.63) is 62.6 Å². The predicted molar refractivity (Wildman–Crippen MR) is 99.6 cm³/mol. The number of nitrogens with one attached hydrogen (secondary N) is 1. The van der Waals surface area contributed by atoms with Crippen LogP contribution in [0.5, 0.6) is 0 Å². The Hall–Kier alpha value is -2.67. The van der Waals surface area contributed by atoms with E-state index in [0.29, 0.717) is 15.9 Å². The first kappa shape index (κ1) is 17.2. The lowest BCUT2D eigenvalue weighted by Gasteiger charge is -2.14. The lowest BCUT2D eigenvalue weighted by atomic mass is 10.2. The number of amides is 1. The lowest BCUT2D eigenvalue weighted by Crippen LogP contribution is -2.42. The van der Waals surface area contributed by atoms with Gasteiger partial charge in [0.1, 0.15) is 11.2 Å². The van der Waals surface area contributed by atoms with E-state index in [4.69, 9.17) is 0 Å². The third kappa shape index (κ3) is 3.28. The molecular formula is C18H19N3O3S. The quantitative estimate of drug-likeness (QED) is 0.760. The van der Waals surface area contributed by atoms with Gasteiger partial charge in [-0.2, -0.15) is 0 Å². The molecular weight excluding hydrogens is 338 g/mol. The molecule has 1 amide bonds. The number of benzene rings is 1. The van der Waals surface area contributed by atoms with E-state index in [2.05, 4.69) is 5.32 Å². The van der Waals surface area contributed by atoms with Gasteiger partial charge in [-0.1, -0.05) is 25.1 Å². The number of thiophene rings is 1. The molecule has 1 aromatic carbocycles. The topological polar surface area (TPSA) is 73.1 Å². The van der Waals surface area contributed by atoms with E-state index < -0.39 is 5.69 Å². The number of rotatable bonds is 5. The van der Waals surface area contributed by atoms with E-state index in [0.717, 1.165) is 11.0 Å². The molecule has 0 aliphatic carbocycles. The summed E-state index contributed by atoms with van der Waals surface area (Å²) in [7, 11) is 0.